The van der Waals surface area contributed by atoms with Gasteiger partial charge in [0.1, 0.15) is 5.75 Å². The number of fused-ring (bicyclic) bond motifs is 1. The van der Waals surface area contributed by atoms with E-state index >= 15 is 0 Å². The Balaban J connectivity index is 1.70. The highest BCUT2D eigenvalue weighted by Gasteiger charge is 2.25. The zero-order chi connectivity index (χ0) is 24.1. The summed E-state index contributed by atoms with van der Waals surface area (Å²) in [6, 6.07) is 9.06. The van der Waals surface area contributed by atoms with Crippen molar-refractivity contribution in [3.8, 4) is 23.0 Å². The number of hydrogen-bond donors (Lipinski definition) is 0. The van der Waals surface area contributed by atoms with E-state index in [4.69, 9.17) is 28.7 Å². The number of anilines is 1. The number of carbonyl (C=O) groups excluding carboxylic acids is 1. The Kier molecular flexibility index (Phi) is 7.71. The number of aromatic nitrogens is 1. The number of rotatable bonds is 9. The molecule has 3 aromatic rings. The van der Waals surface area contributed by atoms with Gasteiger partial charge in [0.05, 0.1) is 51.9 Å². The number of methoxy groups -OCH3 is 4. The fourth-order valence-electron chi connectivity index (χ4n) is 3.85. The first kappa shape index (κ1) is 24.1. The molecule has 1 aliphatic heterocycles. The van der Waals surface area contributed by atoms with Crippen LogP contribution in [0.3, 0.4) is 0 Å². The second-order valence-electron chi connectivity index (χ2n) is 7.65. The molecule has 4 rings (SSSR count). The van der Waals surface area contributed by atoms with E-state index in [-0.39, 0.29) is 5.91 Å². The molecule has 0 unspecified atom stereocenters. The zero-order valence-electron chi connectivity index (χ0n) is 19.8. The molecule has 0 aliphatic carbocycles. The van der Waals surface area contributed by atoms with E-state index in [9.17, 15) is 4.79 Å². The Labute approximate surface area is 202 Å². The van der Waals surface area contributed by atoms with Crippen LogP contribution in [0.2, 0.25) is 0 Å². The van der Waals surface area contributed by atoms with Crippen molar-refractivity contribution in [2.75, 3.05) is 72.7 Å². The molecular formula is C24H29N3O6S. The summed E-state index contributed by atoms with van der Waals surface area (Å²) in [5.74, 6) is 1.81. The molecule has 2 heterocycles. The molecule has 9 nitrogen and oxygen atoms in total. The second-order valence-corrected chi connectivity index (χ2v) is 8.66. The zero-order valence-corrected chi connectivity index (χ0v) is 20.6. The number of morpholine rings is 1. The van der Waals surface area contributed by atoms with Crippen molar-refractivity contribution in [2.45, 2.75) is 0 Å². The molecule has 0 saturated carbocycles. The number of nitrogens with zero attached hydrogens (tertiary/aromatic N) is 3. The minimum Gasteiger partial charge on any atom is -0.497 e. The molecule has 2 aromatic carbocycles. The van der Waals surface area contributed by atoms with Gasteiger partial charge in [0.2, 0.25) is 5.75 Å². The first-order valence-corrected chi connectivity index (χ1v) is 11.8. The molecule has 1 amide bonds. The highest BCUT2D eigenvalue weighted by Crippen LogP contribution is 2.39. The lowest BCUT2D eigenvalue weighted by Gasteiger charge is -2.29. The molecule has 0 radical (unpaired) electrons. The third-order valence-corrected chi connectivity index (χ3v) is 6.77. The van der Waals surface area contributed by atoms with Crippen molar-refractivity contribution in [3.63, 3.8) is 0 Å². The largest absolute Gasteiger partial charge is 0.497 e. The summed E-state index contributed by atoms with van der Waals surface area (Å²) in [7, 11) is 6.22. The molecule has 0 atom stereocenters. The van der Waals surface area contributed by atoms with Crippen molar-refractivity contribution >= 4 is 32.6 Å². The minimum absolute atomic E-state index is 0.196. The normalized spacial score (nSPS) is 14.1. The summed E-state index contributed by atoms with van der Waals surface area (Å²) in [6.45, 7) is 4.25. The van der Waals surface area contributed by atoms with Crippen LogP contribution in [0, 0.1) is 0 Å². The maximum atomic E-state index is 13.8. The van der Waals surface area contributed by atoms with Crippen molar-refractivity contribution in [3.05, 3.63) is 35.9 Å². The summed E-state index contributed by atoms with van der Waals surface area (Å²) in [5, 5.41) is 0.621. The third-order valence-electron chi connectivity index (χ3n) is 5.71. The Morgan fingerprint density at radius 2 is 1.74 bits per heavy atom. The molecule has 1 aromatic heterocycles. The predicted octanol–water partition coefficient (Wildman–Crippen LogP) is 3.31. The van der Waals surface area contributed by atoms with Gasteiger partial charge in [-0.2, -0.15) is 0 Å². The fourth-order valence-corrected chi connectivity index (χ4v) is 4.82. The van der Waals surface area contributed by atoms with E-state index in [0.717, 1.165) is 29.1 Å². The quantitative estimate of drug-likeness (QED) is 0.455. The van der Waals surface area contributed by atoms with Crippen molar-refractivity contribution in [2.24, 2.45) is 0 Å². The smallest absolute Gasteiger partial charge is 0.260 e. The van der Waals surface area contributed by atoms with Crippen LogP contribution in [-0.2, 0) is 4.74 Å². The van der Waals surface area contributed by atoms with Crippen LogP contribution in [0.4, 0.5) is 5.13 Å². The number of ether oxygens (including phenoxy) is 5. The van der Waals surface area contributed by atoms with Crippen LogP contribution in [0.25, 0.3) is 10.2 Å². The summed E-state index contributed by atoms with van der Waals surface area (Å²) in [4.78, 5) is 22.6. The third kappa shape index (κ3) is 5.03. The van der Waals surface area contributed by atoms with Crippen LogP contribution in [-0.4, -0.2) is 83.6 Å². The van der Waals surface area contributed by atoms with E-state index in [0.29, 0.717) is 54.2 Å². The van der Waals surface area contributed by atoms with Crippen molar-refractivity contribution in [1.29, 1.82) is 0 Å². The van der Waals surface area contributed by atoms with Crippen molar-refractivity contribution in [1.82, 2.24) is 9.88 Å². The summed E-state index contributed by atoms with van der Waals surface area (Å²) < 4.78 is 28.1. The van der Waals surface area contributed by atoms with Gasteiger partial charge in [-0.25, -0.2) is 4.98 Å². The molecular weight excluding hydrogens is 458 g/mol. The van der Waals surface area contributed by atoms with Gasteiger partial charge in [-0.1, -0.05) is 11.3 Å². The van der Waals surface area contributed by atoms with Crippen molar-refractivity contribution < 1.29 is 28.5 Å². The molecule has 1 saturated heterocycles. The molecule has 1 fully saturated rings. The standard InChI is InChI=1S/C24H29N3O6S/c1-29-17-5-6-21-18(15-17)25-24(34-21)27(8-7-26-9-11-33-12-10-26)23(28)16-13-19(30-2)22(32-4)20(14-16)31-3/h5-6,13-15H,7-12H2,1-4H3. The minimum atomic E-state index is -0.196. The van der Waals surface area contributed by atoms with Gasteiger partial charge in [0, 0.05) is 37.8 Å². The lowest BCUT2D eigenvalue weighted by atomic mass is 10.1. The lowest BCUT2D eigenvalue weighted by molar-refractivity contribution is 0.0391. The van der Waals surface area contributed by atoms with Gasteiger partial charge < -0.3 is 23.7 Å². The number of thiazole rings is 1. The number of carbonyl (C=O) groups is 1. The van der Waals surface area contributed by atoms with Crippen LogP contribution in [0.5, 0.6) is 23.0 Å². The summed E-state index contributed by atoms with van der Waals surface area (Å²) in [6.07, 6.45) is 0. The van der Waals surface area contributed by atoms with Crippen LogP contribution < -0.4 is 23.8 Å². The average Bonchev–Trinajstić information content (AvgIpc) is 3.31. The highest BCUT2D eigenvalue weighted by atomic mass is 32.1. The molecule has 0 spiro atoms. The van der Waals surface area contributed by atoms with Crippen LogP contribution in [0.15, 0.2) is 30.3 Å². The predicted molar refractivity (Wildman–Crippen MR) is 131 cm³/mol. The SMILES string of the molecule is COc1ccc2sc(N(CCN3CCOCC3)C(=O)c3cc(OC)c(OC)c(OC)c3)nc2c1. The maximum Gasteiger partial charge on any atom is 0.260 e. The summed E-state index contributed by atoms with van der Waals surface area (Å²) in [5.41, 5.74) is 1.21. The highest BCUT2D eigenvalue weighted by molar-refractivity contribution is 7.22. The number of benzene rings is 2. The average molecular weight is 488 g/mol. The Hall–Kier alpha value is -3.08. The summed E-state index contributed by atoms with van der Waals surface area (Å²) >= 11 is 1.47. The van der Waals surface area contributed by atoms with E-state index < -0.39 is 0 Å². The topological polar surface area (TPSA) is 82.6 Å². The first-order chi connectivity index (χ1) is 16.6. The molecule has 0 N–H and O–H groups in total. The van der Waals surface area contributed by atoms with Crippen LogP contribution >= 0.6 is 11.3 Å². The van der Waals surface area contributed by atoms with Gasteiger partial charge in [0.25, 0.3) is 5.91 Å². The maximum absolute atomic E-state index is 13.8. The monoisotopic (exact) mass is 487 g/mol. The van der Waals surface area contributed by atoms with E-state index in [1.54, 1.807) is 24.1 Å². The second kappa shape index (κ2) is 10.9. The first-order valence-electron chi connectivity index (χ1n) is 10.9. The molecule has 34 heavy (non-hydrogen) atoms. The van der Waals surface area contributed by atoms with Gasteiger partial charge in [0.15, 0.2) is 16.6 Å². The van der Waals surface area contributed by atoms with Gasteiger partial charge in [-0.15, -0.1) is 0 Å². The van der Waals surface area contributed by atoms with Gasteiger partial charge in [-0.05, 0) is 24.3 Å². The molecule has 1 aliphatic rings. The Morgan fingerprint density at radius 3 is 2.35 bits per heavy atom. The lowest BCUT2D eigenvalue weighted by Crippen LogP contribution is -2.43. The molecule has 182 valence electrons. The Bertz CT molecular complexity index is 1120. The molecule has 10 heteroatoms. The Morgan fingerprint density at radius 1 is 1.03 bits per heavy atom. The number of amides is 1. The van der Waals surface area contributed by atoms with E-state index in [1.807, 2.05) is 18.2 Å². The van der Waals surface area contributed by atoms with Gasteiger partial charge in [-0.3, -0.25) is 14.6 Å². The fraction of sp³-hybridized carbons (Fsp3) is 0.417. The van der Waals surface area contributed by atoms with Crippen LogP contribution in [0.1, 0.15) is 10.4 Å². The van der Waals surface area contributed by atoms with E-state index in [1.165, 1.54) is 32.7 Å². The van der Waals surface area contributed by atoms with Gasteiger partial charge >= 0.3 is 0 Å². The van der Waals surface area contributed by atoms with E-state index in [2.05, 4.69) is 4.90 Å². The number of hydrogen-bond acceptors (Lipinski definition) is 9. The molecule has 0 bridgehead atoms.